The van der Waals surface area contributed by atoms with Gasteiger partial charge in [-0.3, -0.25) is 4.79 Å². The van der Waals surface area contributed by atoms with Gasteiger partial charge in [-0.15, -0.1) is 16.7 Å². The van der Waals surface area contributed by atoms with Crippen LogP contribution in [0.3, 0.4) is 0 Å². The highest BCUT2D eigenvalue weighted by Crippen LogP contribution is 2.24. The Labute approximate surface area is 146 Å². The normalized spacial score (nSPS) is 11.4. The van der Waals surface area contributed by atoms with E-state index in [9.17, 15) is 13.2 Å². The molecule has 0 atom stereocenters. The monoisotopic (exact) mass is 397 g/mol. The van der Waals surface area contributed by atoms with Crippen LogP contribution in [0, 0.1) is 0 Å². The lowest BCUT2D eigenvalue weighted by Crippen LogP contribution is -2.23. The van der Waals surface area contributed by atoms with Gasteiger partial charge < -0.3 is 9.73 Å². The molecule has 11 heteroatoms. The van der Waals surface area contributed by atoms with Gasteiger partial charge >= 0.3 is 5.22 Å². The van der Waals surface area contributed by atoms with Crippen LogP contribution in [-0.4, -0.2) is 30.4 Å². The summed E-state index contributed by atoms with van der Waals surface area (Å²) >= 11 is 17.0. The van der Waals surface area contributed by atoms with Crippen LogP contribution >= 0.6 is 34.8 Å². The summed E-state index contributed by atoms with van der Waals surface area (Å²) in [5.41, 5.74) is 0.353. The predicted molar refractivity (Wildman–Crippen MR) is 84.2 cm³/mol. The van der Waals surface area contributed by atoms with Crippen molar-refractivity contribution in [1.29, 1.82) is 0 Å². The first-order valence-corrected chi connectivity index (χ1v) is 9.08. The summed E-state index contributed by atoms with van der Waals surface area (Å²) in [7, 11) is -3.88. The van der Waals surface area contributed by atoms with Crippen LogP contribution in [0.15, 0.2) is 27.8 Å². The van der Waals surface area contributed by atoms with Crippen molar-refractivity contribution in [2.45, 2.75) is 17.5 Å². The number of amides is 1. The quantitative estimate of drug-likeness (QED) is 0.748. The van der Waals surface area contributed by atoms with Gasteiger partial charge in [0, 0.05) is 10.0 Å². The fourth-order valence-corrected chi connectivity index (χ4v) is 3.38. The number of alkyl halides is 1. The minimum absolute atomic E-state index is 0.0516. The van der Waals surface area contributed by atoms with Gasteiger partial charge in [-0.1, -0.05) is 34.4 Å². The highest BCUT2D eigenvalue weighted by Gasteiger charge is 2.24. The molecule has 1 aromatic carbocycles. The summed E-state index contributed by atoms with van der Waals surface area (Å²) in [5, 5.41) is 9.47. The number of benzene rings is 1. The molecule has 0 spiro atoms. The molecule has 0 saturated heterocycles. The molecule has 2 aromatic rings. The first kappa shape index (κ1) is 18.0. The Morgan fingerprint density at radius 3 is 2.65 bits per heavy atom. The molecule has 0 aliphatic rings. The van der Waals surface area contributed by atoms with Crippen LogP contribution in [0.4, 0.5) is 0 Å². The number of hydrogen-bond acceptors (Lipinski definition) is 6. The molecule has 0 fully saturated rings. The topological polar surface area (TPSA) is 102 Å². The van der Waals surface area contributed by atoms with Crippen molar-refractivity contribution in [3.05, 3.63) is 39.7 Å². The third-order valence-corrected chi connectivity index (χ3v) is 4.85. The summed E-state index contributed by atoms with van der Waals surface area (Å²) in [6.07, 6.45) is 0. The third kappa shape index (κ3) is 4.81. The number of carbonyl (C=O) groups excluding carboxylic acids is 1. The van der Waals surface area contributed by atoms with Crippen molar-refractivity contribution in [2.24, 2.45) is 0 Å². The van der Waals surface area contributed by atoms with E-state index in [0.29, 0.717) is 10.6 Å². The van der Waals surface area contributed by atoms with Crippen molar-refractivity contribution in [1.82, 2.24) is 15.5 Å². The molecule has 1 aromatic heterocycles. The molecule has 1 amide bonds. The van der Waals surface area contributed by atoms with Gasteiger partial charge in [0.2, 0.25) is 21.6 Å². The van der Waals surface area contributed by atoms with Gasteiger partial charge in [0.15, 0.2) is 0 Å². The van der Waals surface area contributed by atoms with E-state index in [0.717, 1.165) is 0 Å². The molecular formula is C12H10Cl3N3O4S. The van der Waals surface area contributed by atoms with Crippen LogP contribution in [0.1, 0.15) is 11.5 Å². The van der Waals surface area contributed by atoms with Crippen LogP contribution in [-0.2, 0) is 26.9 Å². The van der Waals surface area contributed by atoms with Crippen molar-refractivity contribution >= 4 is 50.5 Å². The number of rotatable bonds is 6. The summed E-state index contributed by atoms with van der Waals surface area (Å²) in [5.74, 6) is -1.14. The van der Waals surface area contributed by atoms with Gasteiger partial charge in [0.1, 0.15) is 5.88 Å². The molecule has 0 bridgehead atoms. The standard InChI is InChI=1S/C12H10Cl3N3O4S/c13-4-10(19)16-5-11-17-18-12(22-11)23(20,21)6-7-1-2-8(14)3-9(7)15/h1-3H,4-6H2,(H,16,19). The average molecular weight is 399 g/mol. The Morgan fingerprint density at radius 2 is 2.00 bits per heavy atom. The Balaban J connectivity index is 2.13. The van der Waals surface area contributed by atoms with Crippen LogP contribution in [0.25, 0.3) is 0 Å². The van der Waals surface area contributed by atoms with E-state index in [1.807, 2.05) is 0 Å². The van der Waals surface area contributed by atoms with Crippen LogP contribution < -0.4 is 5.32 Å². The summed E-state index contributed by atoms with van der Waals surface area (Å²) in [4.78, 5) is 11.0. The third-order valence-electron chi connectivity index (χ3n) is 2.63. The number of halogens is 3. The zero-order chi connectivity index (χ0) is 17.0. The molecule has 0 unspecified atom stereocenters. The van der Waals surface area contributed by atoms with E-state index in [2.05, 4.69) is 15.5 Å². The zero-order valence-electron chi connectivity index (χ0n) is 11.4. The van der Waals surface area contributed by atoms with Crippen molar-refractivity contribution in [3.8, 4) is 0 Å². The maximum atomic E-state index is 12.3. The second-order valence-electron chi connectivity index (χ2n) is 4.37. The highest BCUT2D eigenvalue weighted by atomic mass is 35.5. The lowest BCUT2D eigenvalue weighted by atomic mass is 10.2. The highest BCUT2D eigenvalue weighted by molar-refractivity contribution is 7.90. The van der Waals surface area contributed by atoms with E-state index in [4.69, 9.17) is 39.2 Å². The smallest absolute Gasteiger partial charge is 0.335 e. The summed E-state index contributed by atoms with van der Waals surface area (Å²) in [6, 6.07) is 4.47. The molecular weight excluding hydrogens is 389 g/mol. The SMILES string of the molecule is O=C(CCl)NCc1nnc(S(=O)(=O)Cc2ccc(Cl)cc2Cl)o1. The zero-order valence-corrected chi connectivity index (χ0v) is 14.5. The Bertz CT molecular complexity index is 823. The molecule has 124 valence electrons. The van der Waals surface area contributed by atoms with E-state index >= 15 is 0 Å². The minimum Gasteiger partial charge on any atom is -0.411 e. The first-order valence-electron chi connectivity index (χ1n) is 6.13. The number of sulfone groups is 1. The number of aromatic nitrogens is 2. The Morgan fingerprint density at radius 1 is 1.26 bits per heavy atom. The van der Waals surface area contributed by atoms with Gasteiger partial charge in [0.25, 0.3) is 0 Å². The van der Waals surface area contributed by atoms with E-state index < -0.39 is 26.7 Å². The summed E-state index contributed by atoms with van der Waals surface area (Å²) in [6.45, 7) is -0.115. The van der Waals surface area contributed by atoms with E-state index in [1.165, 1.54) is 18.2 Å². The van der Waals surface area contributed by atoms with Crippen molar-refractivity contribution in [2.75, 3.05) is 5.88 Å². The maximum Gasteiger partial charge on any atom is 0.335 e. The Hall–Kier alpha value is -1.35. The van der Waals surface area contributed by atoms with Gasteiger partial charge in [0.05, 0.1) is 12.3 Å². The van der Waals surface area contributed by atoms with Crippen LogP contribution in [0.2, 0.25) is 10.0 Å². The second kappa shape index (κ2) is 7.48. The number of carbonyl (C=O) groups is 1. The molecule has 1 heterocycles. The predicted octanol–water partition coefficient (Wildman–Crippen LogP) is 2.21. The fraction of sp³-hybridized carbons (Fsp3) is 0.250. The lowest BCUT2D eigenvalue weighted by molar-refractivity contribution is -0.118. The maximum absolute atomic E-state index is 12.3. The molecule has 0 radical (unpaired) electrons. The molecule has 23 heavy (non-hydrogen) atoms. The average Bonchev–Trinajstić information content (AvgIpc) is 2.97. The number of hydrogen-bond donors (Lipinski definition) is 1. The lowest BCUT2D eigenvalue weighted by Gasteiger charge is -2.03. The minimum atomic E-state index is -3.88. The van der Waals surface area contributed by atoms with Gasteiger partial charge in [-0.25, -0.2) is 8.42 Å². The summed E-state index contributed by atoms with van der Waals surface area (Å²) < 4.78 is 29.5. The first-order chi connectivity index (χ1) is 10.8. The van der Waals surface area contributed by atoms with Crippen molar-refractivity contribution < 1.29 is 17.6 Å². The molecule has 1 N–H and O–H groups in total. The van der Waals surface area contributed by atoms with E-state index in [-0.39, 0.29) is 23.3 Å². The van der Waals surface area contributed by atoms with Gasteiger partial charge in [-0.2, -0.15) is 0 Å². The van der Waals surface area contributed by atoms with E-state index in [1.54, 1.807) is 0 Å². The van der Waals surface area contributed by atoms with Gasteiger partial charge in [-0.05, 0) is 17.7 Å². The number of nitrogens with zero attached hydrogens (tertiary/aromatic N) is 2. The fourth-order valence-electron chi connectivity index (χ4n) is 1.56. The number of nitrogens with one attached hydrogen (secondary N) is 1. The Kier molecular flexibility index (Phi) is 5.85. The molecule has 7 nitrogen and oxygen atoms in total. The molecule has 0 saturated carbocycles. The second-order valence-corrected chi connectivity index (χ2v) is 7.35. The molecule has 2 rings (SSSR count). The molecule has 0 aliphatic heterocycles. The molecule has 0 aliphatic carbocycles. The van der Waals surface area contributed by atoms with Crippen molar-refractivity contribution in [3.63, 3.8) is 0 Å². The van der Waals surface area contributed by atoms with Crippen LogP contribution in [0.5, 0.6) is 0 Å². The largest absolute Gasteiger partial charge is 0.411 e.